The van der Waals surface area contributed by atoms with Gasteiger partial charge in [-0.15, -0.1) is 0 Å². The van der Waals surface area contributed by atoms with E-state index in [9.17, 15) is 0 Å². The maximum Gasteiger partial charge on any atom is 0.0517 e. The van der Waals surface area contributed by atoms with Crippen molar-refractivity contribution >= 4 is 0 Å². The molecule has 0 unspecified atom stereocenters. The van der Waals surface area contributed by atoms with Crippen molar-refractivity contribution in [2.45, 2.75) is 60.8 Å². The van der Waals surface area contributed by atoms with Gasteiger partial charge in [-0.2, -0.15) is 0 Å². The Morgan fingerprint density at radius 1 is 0.706 bits per heavy atom. The van der Waals surface area contributed by atoms with Gasteiger partial charge in [0.25, 0.3) is 0 Å². The van der Waals surface area contributed by atoms with Gasteiger partial charge < -0.3 is 9.47 Å². The molecule has 0 saturated heterocycles. The quantitative estimate of drug-likeness (QED) is 0.534. The third kappa shape index (κ3) is 9.61. The number of hydrogen-bond donors (Lipinski definition) is 0. The van der Waals surface area contributed by atoms with Crippen molar-refractivity contribution in [2.75, 3.05) is 26.4 Å². The standard InChI is InChI=1S/C15H32O2/c1-7-14(3,4)12-16-10-9-11-17-13-15(5,6)8-2/h7-13H2,1-6H3. The fourth-order valence-electron chi connectivity index (χ4n) is 1.16. The summed E-state index contributed by atoms with van der Waals surface area (Å²) in [6.45, 7) is 16.7. The molecule has 0 bridgehead atoms. The van der Waals surface area contributed by atoms with E-state index in [1.807, 2.05) is 0 Å². The van der Waals surface area contributed by atoms with Gasteiger partial charge in [0.2, 0.25) is 0 Å². The van der Waals surface area contributed by atoms with Crippen molar-refractivity contribution in [1.82, 2.24) is 0 Å². The molecular formula is C15H32O2. The van der Waals surface area contributed by atoms with E-state index in [4.69, 9.17) is 9.47 Å². The first-order valence-electron chi connectivity index (χ1n) is 6.98. The summed E-state index contributed by atoms with van der Waals surface area (Å²) >= 11 is 0. The van der Waals surface area contributed by atoms with Gasteiger partial charge in [0.05, 0.1) is 13.2 Å². The first-order valence-corrected chi connectivity index (χ1v) is 6.98. The summed E-state index contributed by atoms with van der Waals surface area (Å²) in [6, 6.07) is 0. The van der Waals surface area contributed by atoms with Crippen LogP contribution in [0.3, 0.4) is 0 Å². The molecule has 0 atom stereocenters. The van der Waals surface area contributed by atoms with Gasteiger partial charge in [-0.25, -0.2) is 0 Å². The molecule has 2 heteroatoms. The summed E-state index contributed by atoms with van der Waals surface area (Å²) in [5.74, 6) is 0. The van der Waals surface area contributed by atoms with Crippen LogP contribution in [0, 0.1) is 10.8 Å². The summed E-state index contributed by atoms with van der Waals surface area (Å²) in [6.07, 6.45) is 3.32. The van der Waals surface area contributed by atoms with Crippen LogP contribution in [0.5, 0.6) is 0 Å². The molecule has 0 aromatic carbocycles. The number of hydrogen-bond acceptors (Lipinski definition) is 2. The van der Waals surface area contributed by atoms with Gasteiger partial charge in [-0.1, -0.05) is 41.5 Å². The predicted molar refractivity (Wildman–Crippen MR) is 74.4 cm³/mol. The van der Waals surface area contributed by atoms with Crippen molar-refractivity contribution < 1.29 is 9.47 Å². The lowest BCUT2D eigenvalue weighted by Gasteiger charge is -2.23. The molecule has 104 valence electrons. The van der Waals surface area contributed by atoms with Gasteiger partial charge in [0.15, 0.2) is 0 Å². The van der Waals surface area contributed by atoms with Crippen LogP contribution in [-0.2, 0) is 9.47 Å². The Labute approximate surface area is 108 Å². The first-order chi connectivity index (χ1) is 7.83. The van der Waals surface area contributed by atoms with E-state index < -0.39 is 0 Å². The summed E-state index contributed by atoms with van der Waals surface area (Å²) in [5.41, 5.74) is 0.621. The maximum atomic E-state index is 5.67. The van der Waals surface area contributed by atoms with Crippen LogP contribution in [0.15, 0.2) is 0 Å². The van der Waals surface area contributed by atoms with Crippen molar-refractivity contribution in [1.29, 1.82) is 0 Å². The summed E-state index contributed by atoms with van der Waals surface area (Å²) in [5, 5.41) is 0. The Morgan fingerprint density at radius 2 is 1.06 bits per heavy atom. The molecule has 0 aromatic heterocycles. The number of rotatable bonds is 10. The molecule has 2 nitrogen and oxygen atoms in total. The average Bonchev–Trinajstić information content (AvgIpc) is 2.27. The SMILES string of the molecule is CCC(C)(C)COCCCOCC(C)(C)CC. The largest absolute Gasteiger partial charge is 0.381 e. The Kier molecular flexibility index (Phi) is 8.06. The van der Waals surface area contributed by atoms with Crippen LogP contribution in [0.2, 0.25) is 0 Å². The van der Waals surface area contributed by atoms with Crippen molar-refractivity contribution in [3.63, 3.8) is 0 Å². The van der Waals surface area contributed by atoms with Crippen LogP contribution in [-0.4, -0.2) is 26.4 Å². The van der Waals surface area contributed by atoms with Gasteiger partial charge in [0, 0.05) is 13.2 Å². The molecule has 17 heavy (non-hydrogen) atoms. The molecule has 0 aliphatic carbocycles. The second kappa shape index (κ2) is 8.10. The smallest absolute Gasteiger partial charge is 0.0517 e. The maximum absolute atomic E-state index is 5.67. The molecule has 0 rings (SSSR count). The predicted octanol–water partition coefficient (Wildman–Crippen LogP) is 4.28. The molecule has 0 saturated carbocycles. The van der Waals surface area contributed by atoms with E-state index in [1.54, 1.807) is 0 Å². The molecule has 0 N–H and O–H groups in total. The second-order valence-electron chi connectivity index (χ2n) is 6.49. The van der Waals surface area contributed by atoms with Gasteiger partial charge in [-0.3, -0.25) is 0 Å². The number of ether oxygens (including phenoxy) is 2. The molecule has 0 radical (unpaired) electrons. The monoisotopic (exact) mass is 244 g/mol. The summed E-state index contributed by atoms with van der Waals surface area (Å²) in [4.78, 5) is 0. The van der Waals surface area contributed by atoms with Gasteiger partial charge >= 0.3 is 0 Å². The highest BCUT2D eigenvalue weighted by molar-refractivity contribution is 4.65. The van der Waals surface area contributed by atoms with Crippen molar-refractivity contribution in [3.05, 3.63) is 0 Å². The molecule has 0 heterocycles. The van der Waals surface area contributed by atoms with Crippen LogP contribution in [0.1, 0.15) is 60.8 Å². The molecule has 0 aromatic rings. The van der Waals surface area contributed by atoms with Crippen LogP contribution >= 0.6 is 0 Å². The zero-order valence-electron chi connectivity index (χ0n) is 12.8. The lowest BCUT2D eigenvalue weighted by atomic mass is 9.92. The Hall–Kier alpha value is -0.0800. The summed E-state index contributed by atoms with van der Waals surface area (Å²) in [7, 11) is 0. The highest BCUT2D eigenvalue weighted by Gasteiger charge is 2.15. The van der Waals surface area contributed by atoms with E-state index in [-0.39, 0.29) is 0 Å². The van der Waals surface area contributed by atoms with Crippen molar-refractivity contribution in [2.24, 2.45) is 10.8 Å². The van der Waals surface area contributed by atoms with Crippen LogP contribution in [0.4, 0.5) is 0 Å². The Bertz CT molecular complexity index is 165. The van der Waals surface area contributed by atoms with E-state index in [0.29, 0.717) is 10.8 Å². The first kappa shape index (κ1) is 16.9. The Morgan fingerprint density at radius 3 is 1.35 bits per heavy atom. The van der Waals surface area contributed by atoms with E-state index in [1.165, 1.54) is 0 Å². The fraction of sp³-hybridized carbons (Fsp3) is 1.00. The van der Waals surface area contributed by atoms with E-state index in [0.717, 1.165) is 45.7 Å². The molecule has 0 aliphatic heterocycles. The highest BCUT2D eigenvalue weighted by Crippen LogP contribution is 2.20. The molecule has 0 spiro atoms. The zero-order chi connectivity index (χ0) is 13.4. The van der Waals surface area contributed by atoms with E-state index in [2.05, 4.69) is 41.5 Å². The van der Waals surface area contributed by atoms with Crippen molar-refractivity contribution in [3.8, 4) is 0 Å². The third-order valence-electron chi connectivity index (χ3n) is 3.48. The minimum absolute atomic E-state index is 0.311. The van der Waals surface area contributed by atoms with Gasteiger partial charge in [0.1, 0.15) is 0 Å². The van der Waals surface area contributed by atoms with Gasteiger partial charge in [-0.05, 0) is 30.1 Å². The molecular weight excluding hydrogens is 212 g/mol. The molecule has 0 fully saturated rings. The minimum Gasteiger partial charge on any atom is -0.381 e. The Balaban J connectivity index is 3.36. The topological polar surface area (TPSA) is 18.5 Å². The normalized spacial score (nSPS) is 13.1. The second-order valence-corrected chi connectivity index (χ2v) is 6.49. The molecule has 0 aliphatic rings. The average molecular weight is 244 g/mol. The third-order valence-corrected chi connectivity index (χ3v) is 3.48. The zero-order valence-corrected chi connectivity index (χ0v) is 12.8. The highest BCUT2D eigenvalue weighted by atomic mass is 16.5. The summed E-state index contributed by atoms with van der Waals surface area (Å²) < 4.78 is 11.3. The minimum atomic E-state index is 0.311. The van der Waals surface area contributed by atoms with Crippen LogP contribution < -0.4 is 0 Å². The lowest BCUT2D eigenvalue weighted by Crippen LogP contribution is -2.20. The lowest BCUT2D eigenvalue weighted by molar-refractivity contribution is 0.0230. The fourth-order valence-corrected chi connectivity index (χ4v) is 1.16. The molecule has 0 amide bonds. The van der Waals surface area contributed by atoms with E-state index >= 15 is 0 Å². The van der Waals surface area contributed by atoms with Crippen LogP contribution in [0.25, 0.3) is 0 Å².